The van der Waals surface area contributed by atoms with E-state index in [-0.39, 0.29) is 35.9 Å². The van der Waals surface area contributed by atoms with Gasteiger partial charge in [-0.3, -0.25) is 4.79 Å². The Bertz CT molecular complexity index is 921. The van der Waals surface area contributed by atoms with E-state index in [1.54, 1.807) is 4.90 Å². The van der Waals surface area contributed by atoms with Crippen LogP contribution >= 0.6 is 0 Å². The minimum atomic E-state index is -3.76. The molecule has 0 radical (unpaired) electrons. The van der Waals surface area contributed by atoms with Gasteiger partial charge in [-0.05, 0) is 44.0 Å². The lowest BCUT2D eigenvalue weighted by Gasteiger charge is -2.24. The largest absolute Gasteiger partial charge is 0.464 e. The second-order valence-electron chi connectivity index (χ2n) is 6.81. The topological polar surface area (TPSA) is 93.2 Å². The highest BCUT2D eigenvalue weighted by atomic mass is 32.2. The van der Waals surface area contributed by atoms with Crippen LogP contribution in [0.15, 0.2) is 38.2 Å². The number of ether oxygens (including phenoxy) is 1. The SMILES string of the molecule is Cc1ccc(CN(C(=O)c2ccc(S(=O)(=O)N3CCOCC3)o2)C2CC2)o1. The van der Waals surface area contributed by atoms with Gasteiger partial charge in [-0.25, -0.2) is 8.42 Å². The maximum atomic E-state index is 12.9. The molecule has 2 aliphatic rings. The van der Waals surface area contributed by atoms with Crippen LogP contribution in [0.25, 0.3) is 0 Å². The van der Waals surface area contributed by atoms with Gasteiger partial charge >= 0.3 is 0 Å². The number of sulfonamides is 1. The summed E-state index contributed by atoms with van der Waals surface area (Å²) in [5.41, 5.74) is 0. The number of carbonyl (C=O) groups excluding carboxylic acids is 1. The zero-order valence-corrected chi connectivity index (χ0v) is 15.9. The standard InChI is InChI=1S/C18H22N2O6S/c1-13-2-5-15(25-13)12-20(14-3-4-14)18(21)16-6-7-17(26-16)27(22,23)19-8-10-24-11-9-19/h2,5-7,14H,3-4,8-12H2,1H3. The smallest absolute Gasteiger partial charge is 0.290 e. The van der Waals surface area contributed by atoms with E-state index in [2.05, 4.69) is 0 Å². The molecular formula is C18H22N2O6S. The predicted molar refractivity (Wildman–Crippen MR) is 94.6 cm³/mol. The Morgan fingerprint density at radius 3 is 2.52 bits per heavy atom. The van der Waals surface area contributed by atoms with Gasteiger partial charge in [-0.1, -0.05) is 0 Å². The fourth-order valence-corrected chi connectivity index (χ4v) is 4.44. The summed E-state index contributed by atoms with van der Waals surface area (Å²) in [7, 11) is -3.76. The van der Waals surface area contributed by atoms with Gasteiger partial charge in [-0.15, -0.1) is 0 Å². The van der Waals surface area contributed by atoms with Gasteiger partial charge < -0.3 is 18.5 Å². The highest BCUT2D eigenvalue weighted by Crippen LogP contribution is 2.31. The second-order valence-corrected chi connectivity index (χ2v) is 8.68. The molecule has 1 saturated heterocycles. The Labute approximate surface area is 157 Å². The Balaban J connectivity index is 1.53. The average molecular weight is 394 g/mol. The molecule has 1 aliphatic heterocycles. The normalized spacial score (nSPS) is 18.6. The Kier molecular flexibility index (Phi) is 4.83. The summed E-state index contributed by atoms with van der Waals surface area (Å²) in [5, 5.41) is -0.211. The highest BCUT2D eigenvalue weighted by Gasteiger charge is 2.36. The van der Waals surface area contributed by atoms with Crippen LogP contribution in [0, 0.1) is 6.92 Å². The van der Waals surface area contributed by atoms with Crippen LogP contribution in [0.2, 0.25) is 0 Å². The molecule has 1 saturated carbocycles. The number of aryl methyl sites for hydroxylation is 1. The summed E-state index contributed by atoms with van der Waals surface area (Å²) < 4.78 is 42.9. The molecule has 1 aliphatic carbocycles. The van der Waals surface area contributed by atoms with E-state index in [0.29, 0.717) is 25.5 Å². The van der Waals surface area contributed by atoms with Gasteiger partial charge in [0, 0.05) is 19.1 Å². The zero-order valence-electron chi connectivity index (χ0n) is 15.1. The van der Waals surface area contributed by atoms with Gasteiger partial charge in [0.25, 0.3) is 15.9 Å². The summed E-state index contributed by atoms with van der Waals surface area (Å²) in [5.74, 6) is 1.18. The molecule has 0 atom stereocenters. The molecule has 9 heteroatoms. The maximum absolute atomic E-state index is 12.9. The van der Waals surface area contributed by atoms with Crippen molar-refractivity contribution in [1.29, 1.82) is 0 Å². The van der Waals surface area contributed by atoms with E-state index < -0.39 is 10.0 Å². The van der Waals surface area contributed by atoms with Crippen LogP contribution in [0.1, 0.15) is 34.9 Å². The van der Waals surface area contributed by atoms with Crippen molar-refractivity contribution in [3.8, 4) is 0 Å². The Morgan fingerprint density at radius 2 is 1.89 bits per heavy atom. The molecule has 2 fully saturated rings. The fraction of sp³-hybridized carbons (Fsp3) is 0.500. The van der Waals surface area contributed by atoms with Crippen LogP contribution < -0.4 is 0 Å². The molecule has 2 aromatic rings. The van der Waals surface area contributed by atoms with E-state index in [1.165, 1.54) is 16.4 Å². The van der Waals surface area contributed by atoms with Gasteiger partial charge in [0.05, 0.1) is 19.8 Å². The first-order valence-electron chi connectivity index (χ1n) is 8.99. The minimum Gasteiger partial charge on any atom is -0.464 e. The molecule has 0 unspecified atom stereocenters. The molecular weight excluding hydrogens is 372 g/mol. The van der Waals surface area contributed by atoms with E-state index >= 15 is 0 Å². The third-order valence-electron chi connectivity index (χ3n) is 4.73. The lowest BCUT2D eigenvalue weighted by Crippen LogP contribution is -2.40. The van der Waals surface area contributed by atoms with Crippen molar-refractivity contribution >= 4 is 15.9 Å². The van der Waals surface area contributed by atoms with Crippen LogP contribution in [-0.4, -0.2) is 55.9 Å². The van der Waals surface area contributed by atoms with Gasteiger partial charge in [0.1, 0.15) is 11.5 Å². The molecule has 2 aromatic heterocycles. The van der Waals surface area contributed by atoms with Crippen molar-refractivity contribution in [3.05, 3.63) is 41.5 Å². The van der Waals surface area contributed by atoms with Crippen LogP contribution in [-0.2, 0) is 21.3 Å². The minimum absolute atomic E-state index is 0.0250. The predicted octanol–water partition coefficient (Wildman–Crippen LogP) is 2.01. The molecule has 3 heterocycles. The lowest BCUT2D eigenvalue weighted by atomic mass is 10.3. The van der Waals surface area contributed by atoms with Crippen molar-refractivity contribution in [1.82, 2.24) is 9.21 Å². The summed E-state index contributed by atoms with van der Waals surface area (Å²) in [6.07, 6.45) is 1.84. The number of hydrogen-bond donors (Lipinski definition) is 0. The molecule has 4 rings (SSSR count). The summed E-state index contributed by atoms with van der Waals surface area (Å²) >= 11 is 0. The average Bonchev–Trinajstić information content (AvgIpc) is 3.22. The Morgan fingerprint density at radius 1 is 1.15 bits per heavy atom. The van der Waals surface area contributed by atoms with Crippen molar-refractivity contribution < 1.29 is 26.8 Å². The number of rotatable bonds is 6. The summed E-state index contributed by atoms with van der Waals surface area (Å²) in [6.45, 7) is 3.44. The number of hydrogen-bond acceptors (Lipinski definition) is 6. The number of morpholine rings is 1. The molecule has 27 heavy (non-hydrogen) atoms. The van der Waals surface area contributed by atoms with E-state index in [1.807, 2.05) is 19.1 Å². The van der Waals surface area contributed by atoms with E-state index in [0.717, 1.165) is 18.6 Å². The maximum Gasteiger partial charge on any atom is 0.290 e. The molecule has 8 nitrogen and oxygen atoms in total. The van der Waals surface area contributed by atoms with E-state index in [9.17, 15) is 13.2 Å². The first-order valence-corrected chi connectivity index (χ1v) is 10.4. The second kappa shape index (κ2) is 7.14. The van der Waals surface area contributed by atoms with Crippen LogP contribution in [0.5, 0.6) is 0 Å². The third kappa shape index (κ3) is 3.80. The fourth-order valence-electron chi connectivity index (χ4n) is 3.12. The zero-order chi connectivity index (χ0) is 19.0. The summed E-state index contributed by atoms with van der Waals surface area (Å²) in [6, 6.07) is 6.60. The van der Waals surface area contributed by atoms with E-state index in [4.69, 9.17) is 13.6 Å². The first-order chi connectivity index (χ1) is 12.9. The third-order valence-corrected chi connectivity index (χ3v) is 6.50. The number of amides is 1. The van der Waals surface area contributed by atoms with Gasteiger partial charge in [-0.2, -0.15) is 4.31 Å². The van der Waals surface area contributed by atoms with Gasteiger partial charge in [0.15, 0.2) is 5.76 Å². The molecule has 0 aromatic carbocycles. The number of nitrogens with zero attached hydrogens (tertiary/aromatic N) is 2. The Hall–Kier alpha value is -2.10. The van der Waals surface area contributed by atoms with Crippen molar-refractivity contribution in [2.45, 2.75) is 37.4 Å². The molecule has 1 amide bonds. The highest BCUT2D eigenvalue weighted by molar-refractivity contribution is 7.89. The van der Waals surface area contributed by atoms with Crippen molar-refractivity contribution in [2.24, 2.45) is 0 Å². The van der Waals surface area contributed by atoms with Crippen LogP contribution in [0.4, 0.5) is 0 Å². The quantitative estimate of drug-likeness (QED) is 0.744. The van der Waals surface area contributed by atoms with Crippen LogP contribution in [0.3, 0.4) is 0 Å². The number of furan rings is 2. The molecule has 146 valence electrons. The molecule has 0 N–H and O–H groups in total. The number of carbonyl (C=O) groups is 1. The molecule has 0 bridgehead atoms. The van der Waals surface area contributed by atoms with Crippen molar-refractivity contribution in [2.75, 3.05) is 26.3 Å². The molecule has 0 spiro atoms. The van der Waals surface area contributed by atoms with Gasteiger partial charge in [0.2, 0.25) is 5.09 Å². The first kappa shape index (κ1) is 18.3. The van der Waals surface area contributed by atoms with Crippen molar-refractivity contribution in [3.63, 3.8) is 0 Å². The monoisotopic (exact) mass is 394 g/mol. The lowest BCUT2D eigenvalue weighted by molar-refractivity contribution is 0.0672. The summed E-state index contributed by atoms with van der Waals surface area (Å²) in [4.78, 5) is 14.6.